The predicted molar refractivity (Wildman–Crippen MR) is 79.0 cm³/mol. The molecule has 2 aromatic rings. The highest BCUT2D eigenvalue weighted by Crippen LogP contribution is 2.56. The lowest BCUT2D eigenvalue weighted by Gasteiger charge is -2.30. The Bertz CT molecular complexity index is 751. The summed E-state index contributed by atoms with van der Waals surface area (Å²) in [6.45, 7) is 0.612. The first-order valence-electron chi connectivity index (χ1n) is 7.91. The normalized spacial score (nSPS) is 22.8. The maximum atomic E-state index is 13.5. The molecule has 0 radical (unpaired) electrons. The second kappa shape index (κ2) is 5.19. The molecule has 1 aliphatic carbocycles. The van der Waals surface area contributed by atoms with Gasteiger partial charge in [0.2, 0.25) is 0 Å². The van der Waals surface area contributed by atoms with Gasteiger partial charge in [0.15, 0.2) is 5.54 Å². The molecule has 2 fully saturated rings. The first kappa shape index (κ1) is 15.4. The fourth-order valence-corrected chi connectivity index (χ4v) is 3.58. The molecule has 0 aromatic carbocycles. The highest BCUT2D eigenvalue weighted by Gasteiger charge is 2.66. The summed E-state index contributed by atoms with van der Waals surface area (Å²) in [5.74, 6) is -0.00148. The molecule has 1 atom stereocenters. The van der Waals surface area contributed by atoms with Crippen molar-refractivity contribution in [2.45, 2.75) is 43.4 Å². The third kappa shape index (κ3) is 2.27. The molecule has 0 N–H and O–H groups in total. The van der Waals surface area contributed by atoms with E-state index in [1.807, 2.05) is 4.90 Å². The predicted octanol–water partition coefficient (Wildman–Crippen LogP) is 3.81. The van der Waals surface area contributed by atoms with Gasteiger partial charge in [0.1, 0.15) is 11.6 Å². The van der Waals surface area contributed by atoms with E-state index in [1.165, 1.54) is 12.3 Å². The second-order valence-corrected chi connectivity index (χ2v) is 6.42. The van der Waals surface area contributed by atoms with Crippen molar-refractivity contribution >= 4 is 5.82 Å². The van der Waals surface area contributed by atoms with Crippen LogP contribution in [-0.2, 0) is 5.54 Å². The van der Waals surface area contributed by atoms with Crippen molar-refractivity contribution in [2.75, 3.05) is 11.4 Å². The van der Waals surface area contributed by atoms with Gasteiger partial charge in [-0.2, -0.15) is 18.3 Å². The number of halogens is 4. The molecule has 8 heteroatoms. The average molecular weight is 340 g/mol. The molecule has 128 valence electrons. The molecule has 1 saturated carbocycles. The number of nitrogens with zero attached hydrogens (tertiary/aromatic N) is 4. The molecule has 4 nitrogen and oxygen atoms in total. The van der Waals surface area contributed by atoms with Crippen LogP contribution in [0.15, 0.2) is 30.7 Å². The first-order chi connectivity index (χ1) is 11.4. The summed E-state index contributed by atoms with van der Waals surface area (Å²) >= 11 is 0. The van der Waals surface area contributed by atoms with E-state index in [2.05, 4.69) is 10.1 Å². The van der Waals surface area contributed by atoms with E-state index in [9.17, 15) is 17.6 Å². The molecular weight excluding hydrogens is 324 g/mol. The Balaban J connectivity index is 1.71. The van der Waals surface area contributed by atoms with E-state index in [0.717, 1.165) is 23.7 Å². The minimum atomic E-state index is -4.33. The monoisotopic (exact) mass is 340 g/mol. The van der Waals surface area contributed by atoms with E-state index in [0.29, 0.717) is 17.9 Å². The van der Waals surface area contributed by atoms with E-state index in [1.54, 1.807) is 12.3 Å². The van der Waals surface area contributed by atoms with Gasteiger partial charge in [-0.1, -0.05) is 0 Å². The maximum Gasteiger partial charge on any atom is 0.413 e. The topological polar surface area (TPSA) is 34.0 Å². The van der Waals surface area contributed by atoms with Gasteiger partial charge in [0, 0.05) is 18.8 Å². The highest BCUT2D eigenvalue weighted by molar-refractivity contribution is 5.45. The van der Waals surface area contributed by atoms with Crippen molar-refractivity contribution in [1.29, 1.82) is 0 Å². The standard InChI is InChI=1S/C16H16F4N4/c17-12-8-11(9-21-10-12)13-2-1-7-23(13)14-3-6-22-24(14)15(4-5-15)16(18,19)20/h3,6,8-10,13H,1-2,4-5,7H2. The third-order valence-corrected chi connectivity index (χ3v) is 4.94. The fourth-order valence-electron chi connectivity index (χ4n) is 3.58. The Hall–Kier alpha value is -2.12. The summed E-state index contributed by atoms with van der Waals surface area (Å²) in [4.78, 5) is 5.75. The fraction of sp³-hybridized carbons (Fsp3) is 0.500. The SMILES string of the molecule is Fc1cncc(C2CCCN2c2ccnn2C2(C(F)(F)F)CC2)c1. The summed E-state index contributed by atoms with van der Waals surface area (Å²) in [7, 11) is 0. The van der Waals surface area contributed by atoms with Crippen molar-refractivity contribution in [3.05, 3.63) is 42.1 Å². The van der Waals surface area contributed by atoms with Crippen LogP contribution >= 0.6 is 0 Å². The number of aromatic nitrogens is 3. The lowest BCUT2D eigenvalue weighted by Crippen LogP contribution is -2.38. The van der Waals surface area contributed by atoms with Crippen LogP contribution in [0.25, 0.3) is 0 Å². The molecule has 0 bridgehead atoms. The Kier molecular flexibility index (Phi) is 3.33. The number of pyridine rings is 1. The Morgan fingerprint density at radius 3 is 2.67 bits per heavy atom. The number of anilines is 1. The largest absolute Gasteiger partial charge is 0.413 e. The van der Waals surface area contributed by atoms with Crippen molar-refractivity contribution in [2.24, 2.45) is 0 Å². The zero-order chi connectivity index (χ0) is 16.9. The van der Waals surface area contributed by atoms with Crippen LogP contribution in [0.2, 0.25) is 0 Å². The minimum Gasteiger partial charge on any atom is -0.350 e. The van der Waals surface area contributed by atoms with Crippen molar-refractivity contribution in [3.8, 4) is 0 Å². The molecule has 2 aromatic heterocycles. The second-order valence-electron chi connectivity index (χ2n) is 6.42. The van der Waals surface area contributed by atoms with Gasteiger partial charge in [0.05, 0.1) is 18.4 Å². The smallest absolute Gasteiger partial charge is 0.350 e. The zero-order valence-corrected chi connectivity index (χ0v) is 12.8. The third-order valence-electron chi connectivity index (χ3n) is 4.94. The lowest BCUT2D eigenvalue weighted by atomic mass is 10.1. The quantitative estimate of drug-likeness (QED) is 0.797. The molecular formula is C16H16F4N4. The summed E-state index contributed by atoms with van der Waals surface area (Å²) < 4.78 is 55.0. The molecule has 1 aliphatic heterocycles. The van der Waals surface area contributed by atoms with Crippen molar-refractivity contribution in [3.63, 3.8) is 0 Å². The van der Waals surface area contributed by atoms with Gasteiger partial charge in [-0.05, 0) is 37.3 Å². The Morgan fingerprint density at radius 1 is 1.21 bits per heavy atom. The molecule has 24 heavy (non-hydrogen) atoms. The van der Waals surface area contributed by atoms with Gasteiger partial charge in [-0.3, -0.25) is 4.98 Å². The van der Waals surface area contributed by atoms with E-state index in [-0.39, 0.29) is 18.9 Å². The Morgan fingerprint density at radius 2 is 2.00 bits per heavy atom. The van der Waals surface area contributed by atoms with Gasteiger partial charge >= 0.3 is 6.18 Å². The molecule has 2 aliphatic rings. The van der Waals surface area contributed by atoms with Crippen LogP contribution < -0.4 is 4.90 Å². The maximum absolute atomic E-state index is 13.5. The summed E-state index contributed by atoms with van der Waals surface area (Å²) in [6, 6.07) is 2.82. The number of hydrogen-bond acceptors (Lipinski definition) is 3. The molecule has 4 rings (SSSR count). The molecule has 3 heterocycles. The van der Waals surface area contributed by atoms with E-state index >= 15 is 0 Å². The van der Waals surface area contributed by atoms with Crippen molar-refractivity contribution < 1.29 is 17.6 Å². The minimum absolute atomic E-state index is 0.0468. The van der Waals surface area contributed by atoms with Gasteiger partial charge in [0.25, 0.3) is 0 Å². The molecule has 0 spiro atoms. The van der Waals surface area contributed by atoms with Crippen LogP contribution in [0.1, 0.15) is 37.3 Å². The number of alkyl halides is 3. The van der Waals surface area contributed by atoms with Crippen LogP contribution in [0, 0.1) is 5.82 Å². The van der Waals surface area contributed by atoms with Crippen LogP contribution in [0.4, 0.5) is 23.4 Å². The highest BCUT2D eigenvalue weighted by atomic mass is 19.4. The van der Waals surface area contributed by atoms with Gasteiger partial charge < -0.3 is 4.90 Å². The summed E-state index contributed by atoms with van der Waals surface area (Å²) in [6.07, 6.45) is 1.43. The number of hydrogen-bond donors (Lipinski definition) is 0. The molecule has 0 amide bonds. The van der Waals surface area contributed by atoms with Gasteiger partial charge in [-0.25, -0.2) is 9.07 Å². The molecule has 1 saturated heterocycles. The lowest BCUT2D eigenvalue weighted by molar-refractivity contribution is -0.182. The van der Waals surface area contributed by atoms with E-state index < -0.39 is 17.5 Å². The van der Waals surface area contributed by atoms with Gasteiger partial charge in [-0.15, -0.1) is 0 Å². The van der Waals surface area contributed by atoms with Crippen LogP contribution in [0.3, 0.4) is 0 Å². The number of rotatable bonds is 3. The van der Waals surface area contributed by atoms with Crippen LogP contribution in [0.5, 0.6) is 0 Å². The summed E-state index contributed by atoms with van der Waals surface area (Å²) in [5.41, 5.74) is -1.21. The zero-order valence-electron chi connectivity index (χ0n) is 12.8. The first-order valence-corrected chi connectivity index (χ1v) is 7.91. The van der Waals surface area contributed by atoms with Crippen molar-refractivity contribution in [1.82, 2.24) is 14.8 Å². The molecule has 1 unspecified atom stereocenters. The van der Waals surface area contributed by atoms with Crippen LogP contribution in [-0.4, -0.2) is 27.5 Å². The Labute approximate surface area is 136 Å². The summed E-state index contributed by atoms with van der Waals surface area (Å²) in [5, 5.41) is 3.97. The van der Waals surface area contributed by atoms with E-state index in [4.69, 9.17) is 0 Å². The average Bonchev–Trinajstić information content (AvgIpc) is 2.99.